The number of para-hydroxylation sites is 8. The van der Waals surface area contributed by atoms with E-state index in [9.17, 15) is 0 Å². The third-order valence-electron chi connectivity index (χ3n) is 24.7. The Bertz CT molecular complexity index is 8050. The Morgan fingerprint density at radius 1 is 0.145 bits per heavy atom. The number of hydrogen-bond donors (Lipinski definition) is 0. The zero-order valence-corrected chi connectivity index (χ0v) is 67.9. The van der Waals surface area contributed by atoms with Crippen LogP contribution in [0, 0.1) is 0 Å². The predicted molar refractivity (Wildman–Crippen MR) is 524 cm³/mol. The lowest BCUT2D eigenvalue weighted by molar-refractivity contribution is 1.15. The van der Waals surface area contributed by atoms with Crippen LogP contribution in [0.2, 0.25) is 0 Å². The summed E-state index contributed by atoms with van der Waals surface area (Å²) in [6, 6.07) is 176. The largest absolute Gasteiger partial charge is 0.310 e. The van der Waals surface area contributed by atoms with E-state index >= 15 is 0 Å². The van der Waals surface area contributed by atoms with Crippen molar-refractivity contribution >= 4 is 132 Å². The molecule has 4 aromatic heterocycles. The molecule has 0 aliphatic heterocycles. The van der Waals surface area contributed by atoms with E-state index in [4.69, 9.17) is 0 Å². The third-order valence-corrected chi connectivity index (χ3v) is 24.7. The zero-order chi connectivity index (χ0) is 82.0. The van der Waals surface area contributed by atoms with Crippen LogP contribution in [0.5, 0.6) is 0 Å². The van der Waals surface area contributed by atoms with E-state index in [1.807, 2.05) is 0 Å². The van der Waals surface area contributed by atoms with Crippen LogP contribution in [0.3, 0.4) is 0 Å². The number of anilines is 6. The molecule has 24 rings (SSSR count). The fraction of sp³-hybridized carbons (Fsp3) is 0. The zero-order valence-electron chi connectivity index (χ0n) is 67.9. The monoisotopic (exact) mass is 1580 g/mol. The highest BCUT2D eigenvalue weighted by Gasteiger charge is 2.29. The molecule has 6 heteroatoms. The third kappa shape index (κ3) is 12.7. The van der Waals surface area contributed by atoms with Crippen molar-refractivity contribution < 1.29 is 0 Å². The molecule has 0 amide bonds. The molecule has 0 radical (unpaired) electrons. The summed E-state index contributed by atoms with van der Waals surface area (Å²) in [5.74, 6) is 0. The average Bonchev–Trinajstić information content (AvgIpc) is 1.54. The van der Waals surface area contributed by atoms with Gasteiger partial charge in [0, 0.05) is 100.0 Å². The van der Waals surface area contributed by atoms with Crippen molar-refractivity contribution in [3.8, 4) is 78.4 Å². The smallest absolute Gasteiger partial charge is 0.0795 e. The summed E-state index contributed by atoms with van der Waals surface area (Å²) in [5.41, 5.74) is 32.4. The van der Waals surface area contributed by atoms with Crippen LogP contribution in [0.1, 0.15) is 0 Å². The van der Waals surface area contributed by atoms with Crippen molar-refractivity contribution in [3.05, 3.63) is 485 Å². The van der Waals surface area contributed by atoms with E-state index in [1.54, 1.807) is 0 Å². The van der Waals surface area contributed by atoms with Gasteiger partial charge in [-0.1, -0.05) is 328 Å². The molecule has 0 saturated heterocycles. The molecule has 0 aliphatic rings. The van der Waals surface area contributed by atoms with Gasteiger partial charge in [-0.25, -0.2) is 0 Å². The molecular weight excluding hydrogens is 1500 g/mol. The van der Waals surface area contributed by atoms with Gasteiger partial charge in [0.1, 0.15) is 0 Å². The molecule has 0 atom stereocenters. The normalized spacial score (nSPS) is 11.5. The average molecular weight is 1580 g/mol. The highest BCUT2D eigenvalue weighted by atomic mass is 15.2. The Balaban J connectivity index is 0.000000143. The summed E-state index contributed by atoms with van der Waals surface area (Å²) in [7, 11) is 0. The minimum Gasteiger partial charge on any atom is -0.310 e. The molecule has 0 unspecified atom stereocenters. The molecule has 24 aromatic rings. The van der Waals surface area contributed by atoms with Crippen LogP contribution in [0.25, 0.3) is 176 Å². The second-order valence-electron chi connectivity index (χ2n) is 31.9. The number of fused-ring (bicyclic) bond motifs is 15. The summed E-state index contributed by atoms with van der Waals surface area (Å²) < 4.78 is 9.89. The minimum absolute atomic E-state index is 1.08. The first kappa shape index (κ1) is 72.7. The van der Waals surface area contributed by atoms with Gasteiger partial charge in [-0.2, -0.15) is 0 Å². The maximum atomic E-state index is 2.48. The quantitative estimate of drug-likeness (QED) is 0.102. The second kappa shape index (κ2) is 31.0. The van der Waals surface area contributed by atoms with Crippen molar-refractivity contribution in [1.82, 2.24) is 18.3 Å². The Morgan fingerprint density at radius 3 is 0.806 bits per heavy atom. The lowest BCUT2D eigenvalue weighted by Crippen LogP contribution is -2.10. The van der Waals surface area contributed by atoms with Gasteiger partial charge >= 0.3 is 0 Å². The number of nitrogens with zero attached hydrogens (tertiary/aromatic N) is 6. The molecular formula is C118H80N6. The maximum Gasteiger partial charge on any atom is 0.0795 e. The van der Waals surface area contributed by atoms with Gasteiger partial charge < -0.3 is 28.1 Å². The molecule has 0 N–H and O–H groups in total. The van der Waals surface area contributed by atoms with Gasteiger partial charge in [-0.05, 0) is 224 Å². The maximum absolute atomic E-state index is 2.48. The number of hydrogen-bond acceptors (Lipinski definition) is 2. The molecule has 4 heterocycles. The van der Waals surface area contributed by atoms with E-state index in [0.717, 1.165) is 68.0 Å². The highest BCUT2D eigenvalue weighted by molar-refractivity contribution is 6.30. The lowest BCUT2D eigenvalue weighted by Gasteiger charge is -2.27. The van der Waals surface area contributed by atoms with E-state index in [2.05, 4.69) is 513 Å². The van der Waals surface area contributed by atoms with Crippen LogP contribution in [-0.2, 0) is 0 Å². The Morgan fingerprint density at radius 2 is 0.411 bits per heavy atom. The Hall–Kier alpha value is -16.5. The first-order chi connectivity index (χ1) is 61.6. The molecule has 0 aliphatic carbocycles. The van der Waals surface area contributed by atoms with Crippen molar-refractivity contribution in [2.45, 2.75) is 0 Å². The van der Waals surface area contributed by atoms with E-state index in [1.165, 1.54) is 143 Å². The highest BCUT2D eigenvalue weighted by Crippen LogP contribution is 2.51. The molecule has 0 spiro atoms. The van der Waals surface area contributed by atoms with Gasteiger partial charge in [-0.3, -0.25) is 0 Å². The fourth-order valence-electron chi connectivity index (χ4n) is 19.2. The summed E-state index contributed by atoms with van der Waals surface area (Å²) in [5, 5.41) is 12.2. The van der Waals surface area contributed by atoms with Crippen LogP contribution in [0.4, 0.5) is 34.1 Å². The minimum atomic E-state index is 1.08. The van der Waals surface area contributed by atoms with Gasteiger partial charge in [0.2, 0.25) is 0 Å². The van der Waals surface area contributed by atoms with Gasteiger partial charge in [0.05, 0.1) is 44.1 Å². The van der Waals surface area contributed by atoms with E-state index in [-0.39, 0.29) is 0 Å². The second-order valence-corrected chi connectivity index (χ2v) is 31.9. The van der Waals surface area contributed by atoms with E-state index in [0.29, 0.717) is 0 Å². The summed E-state index contributed by atoms with van der Waals surface area (Å²) in [4.78, 5) is 4.81. The SMILES string of the molecule is c1ccc(-c2ccc(N(c3cccc(-c4cc5c6ccccc6n(-c6ccccc6)c5c5c4c4ccccc4n5-c4ccccc4)c3)c3ccc4ccccc4c3)cc2)cc1.c1ccc(-c2cccc(N(c3cccc(-c4ccccc4)c3)c3cccc(-c4cc5c6ccccc6n(-c6ccccc6)c5c5c4c4ccccc4n5-c4ccccc4)c3)c2)cc1. The van der Waals surface area contributed by atoms with E-state index < -0.39 is 0 Å². The van der Waals surface area contributed by atoms with Crippen LogP contribution in [0.15, 0.2) is 485 Å². The summed E-state index contributed by atoms with van der Waals surface area (Å²) >= 11 is 0. The predicted octanol–water partition coefficient (Wildman–Crippen LogP) is 32.2. The van der Waals surface area contributed by atoms with Crippen LogP contribution in [-0.4, -0.2) is 18.3 Å². The molecule has 582 valence electrons. The van der Waals surface area contributed by atoms with Crippen molar-refractivity contribution in [1.29, 1.82) is 0 Å². The molecule has 20 aromatic carbocycles. The van der Waals surface area contributed by atoms with Gasteiger partial charge in [-0.15, -0.1) is 0 Å². The van der Waals surface area contributed by atoms with Crippen molar-refractivity contribution in [2.24, 2.45) is 0 Å². The molecule has 0 fully saturated rings. The standard InChI is InChI=1S/C60H41N3.C58H39N3/c1-5-20-42(21-6-1)44-24-17-31-49(38-44)61(50-32-18-25-45(39-50)43-22-7-2-8-23-43)51-33-19-26-46(40-51)54-41-55-52-34-13-15-36-56(52)62(47-27-9-3-10-28-47)59(55)60-58(54)53-35-14-16-37-57(53)63(60)48-29-11-4-12-30-48;1-4-17-40(18-5-1)42-31-34-47(35-32-42)59(49-36-33-41-19-10-11-20-43(41)37-49)48-26-16-21-44(38-48)52-39-53-50-27-12-14-29-54(50)60(45-22-6-2-7-23-45)57(53)58-56(52)51-28-13-15-30-55(51)61(58)46-24-8-3-9-25-46/h1-41H;1-39H. The summed E-state index contributed by atoms with van der Waals surface area (Å²) in [6.45, 7) is 0. The van der Waals surface area contributed by atoms with Crippen molar-refractivity contribution in [2.75, 3.05) is 9.80 Å². The first-order valence-electron chi connectivity index (χ1n) is 42.5. The molecule has 124 heavy (non-hydrogen) atoms. The topological polar surface area (TPSA) is 26.2 Å². The lowest BCUT2D eigenvalue weighted by atomic mass is 9.95. The molecule has 0 bridgehead atoms. The Labute approximate surface area is 719 Å². The number of benzene rings is 20. The number of rotatable bonds is 15. The first-order valence-corrected chi connectivity index (χ1v) is 42.5. The molecule has 0 saturated carbocycles. The van der Waals surface area contributed by atoms with Gasteiger partial charge in [0.25, 0.3) is 0 Å². The molecule has 6 nitrogen and oxygen atoms in total. The van der Waals surface area contributed by atoms with Crippen LogP contribution < -0.4 is 9.80 Å². The summed E-state index contributed by atoms with van der Waals surface area (Å²) in [6.07, 6.45) is 0. The van der Waals surface area contributed by atoms with Gasteiger partial charge in [0.15, 0.2) is 0 Å². The Kier molecular flexibility index (Phi) is 18.2. The number of aromatic nitrogens is 4. The van der Waals surface area contributed by atoms with Crippen molar-refractivity contribution in [3.63, 3.8) is 0 Å². The van der Waals surface area contributed by atoms with Crippen LogP contribution >= 0.6 is 0 Å². The fourth-order valence-corrected chi connectivity index (χ4v) is 19.2.